The Kier molecular flexibility index (Phi) is 5.34. The van der Waals surface area contributed by atoms with Gasteiger partial charge >= 0.3 is 6.09 Å². The zero-order valence-electron chi connectivity index (χ0n) is 14.6. The van der Waals surface area contributed by atoms with Gasteiger partial charge in [-0.2, -0.15) is 0 Å². The summed E-state index contributed by atoms with van der Waals surface area (Å²) in [6.07, 6.45) is 2.39. The standard InChI is InChI=1S/C17H27N3O3/c1-12(2)22-15-14(7-6-9-18-15)19-13-8-10-20(11-13)16(21)23-17(3,4)5/h6-7,9,12-13,19H,8,10-11H2,1-5H3. The summed E-state index contributed by atoms with van der Waals surface area (Å²) in [7, 11) is 0. The summed E-state index contributed by atoms with van der Waals surface area (Å²) in [6, 6.07) is 3.98. The molecule has 1 aromatic heterocycles. The van der Waals surface area contributed by atoms with E-state index in [1.54, 1.807) is 11.1 Å². The fourth-order valence-electron chi connectivity index (χ4n) is 2.41. The minimum Gasteiger partial charge on any atom is -0.473 e. The molecule has 1 fully saturated rings. The van der Waals surface area contributed by atoms with Crippen molar-refractivity contribution in [3.8, 4) is 5.88 Å². The van der Waals surface area contributed by atoms with Crippen molar-refractivity contribution < 1.29 is 14.3 Å². The first kappa shape index (κ1) is 17.4. The van der Waals surface area contributed by atoms with E-state index in [0.717, 1.165) is 12.1 Å². The third-order valence-corrected chi connectivity index (χ3v) is 3.32. The summed E-state index contributed by atoms with van der Waals surface area (Å²) in [5.41, 5.74) is 0.391. The first-order chi connectivity index (χ1) is 10.7. The minimum absolute atomic E-state index is 0.0623. The largest absolute Gasteiger partial charge is 0.473 e. The molecule has 23 heavy (non-hydrogen) atoms. The van der Waals surface area contributed by atoms with Gasteiger partial charge in [0.2, 0.25) is 5.88 Å². The molecule has 0 aliphatic carbocycles. The van der Waals surface area contributed by atoms with Crippen LogP contribution in [0.15, 0.2) is 18.3 Å². The quantitative estimate of drug-likeness (QED) is 0.922. The maximum atomic E-state index is 12.1. The highest BCUT2D eigenvalue weighted by Gasteiger charge is 2.30. The van der Waals surface area contributed by atoms with Crippen LogP contribution in [0.25, 0.3) is 0 Å². The molecule has 2 heterocycles. The number of ether oxygens (including phenoxy) is 2. The van der Waals surface area contributed by atoms with Crippen LogP contribution in [0.4, 0.5) is 10.5 Å². The number of nitrogens with zero attached hydrogens (tertiary/aromatic N) is 2. The lowest BCUT2D eigenvalue weighted by atomic mass is 10.2. The van der Waals surface area contributed by atoms with E-state index >= 15 is 0 Å². The molecule has 0 bridgehead atoms. The Morgan fingerprint density at radius 1 is 1.43 bits per heavy atom. The molecule has 0 aromatic carbocycles. The van der Waals surface area contributed by atoms with Gasteiger partial charge in [-0.1, -0.05) is 0 Å². The van der Waals surface area contributed by atoms with E-state index in [9.17, 15) is 4.79 Å². The van der Waals surface area contributed by atoms with Gasteiger partial charge in [0.1, 0.15) is 5.60 Å². The molecule has 1 unspecified atom stereocenters. The minimum atomic E-state index is -0.468. The molecule has 1 aliphatic heterocycles. The molecular formula is C17H27N3O3. The predicted octanol–water partition coefficient (Wildman–Crippen LogP) is 3.29. The average molecular weight is 321 g/mol. The Morgan fingerprint density at radius 2 is 2.17 bits per heavy atom. The van der Waals surface area contributed by atoms with Crippen LogP contribution in [0.3, 0.4) is 0 Å². The molecule has 128 valence electrons. The number of pyridine rings is 1. The molecule has 0 saturated carbocycles. The topological polar surface area (TPSA) is 63.7 Å². The molecule has 1 saturated heterocycles. The molecule has 6 heteroatoms. The smallest absolute Gasteiger partial charge is 0.410 e. The number of carbonyl (C=O) groups excluding carboxylic acids is 1. The molecule has 1 aromatic rings. The van der Waals surface area contributed by atoms with Crippen LogP contribution in [-0.4, -0.2) is 46.8 Å². The monoisotopic (exact) mass is 321 g/mol. The Balaban J connectivity index is 1.95. The van der Waals surface area contributed by atoms with E-state index in [4.69, 9.17) is 9.47 Å². The van der Waals surface area contributed by atoms with Crippen LogP contribution in [0.2, 0.25) is 0 Å². The second-order valence-electron chi connectivity index (χ2n) is 7.08. The fraction of sp³-hybridized carbons (Fsp3) is 0.647. The Morgan fingerprint density at radius 3 is 2.83 bits per heavy atom. The number of hydrogen-bond donors (Lipinski definition) is 1. The molecule has 2 rings (SSSR count). The molecular weight excluding hydrogens is 294 g/mol. The van der Waals surface area contributed by atoms with E-state index < -0.39 is 5.60 Å². The first-order valence-electron chi connectivity index (χ1n) is 8.11. The number of anilines is 1. The average Bonchev–Trinajstić information content (AvgIpc) is 2.87. The number of rotatable bonds is 4. The van der Waals surface area contributed by atoms with Gasteiger partial charge in [-0.25, -0.2) is 9.78 Å². The third-order valence-electron chi connectivity index (χ3n) is 3.32. The lowest BCUT2D eigenvalue weighted by Gasteiger charge is -2.24. The molecule has 1 aliphatic rings. The van der Waals surface area contributed by atoms with Gasteiger partial charge in [-0.3, -0.25) is 0 Å². The van der Waals surface area contributed by atoms with Crippen molar-refractivity contribution in [2.75, 3.05) is 18.4 Å². The van der Waals surface area contributed by atoms with Crippen LogP contribution in [0.5, 0.6) is 5.88 Å². The van der Waals surface area contributed by atoms with Crippen molar-refractivity contribution in [2.45, 2.75) is 58.8 Å². The summed E-state index contributed by atoms with van der Waals surface area (Å²) in [5, 5.41) is 3.43. The van der Waals surface area contributed by atoms with E-state index in [2.05, 4.69) is 10.3 Å². The van der Waals surface area contributed by atoms with Crippen molar-refractivity contribution in [2.24, 2.45) is 0 Å². The highest BCUT2D eigenvalue weighted by Crippen LogP contribution is 2.25. The van der Waals surface area contributed by atoms with Crippen LogP contribution in [0.1, 0.15) is 41.0 Å². The molecule has 0 spiro atoms. The van der Waals surface area contributed by atoms with Gasteiger partial charge in [0.05, 0.1) is 11.8 Å². The van der Waals surface area contributed by atoms with Gasteiger partial charge in [0.25, 0.3) is 0 Å². The van der Waals surface area contributed by atoms with Crippen LogP contribution >= 0.6 is 0 Å². The number of aromatic nitrogens is 1. The first-order valence-corrected chi connectivity index (χ1v) is 8.11. The summed E-state index contributed by atoms with van der Waals surface area (Å²) >= 11 is 0. The SMILES string of the molecule is CC(C)Oc1ncccc1NC1CCN(C(=O)OC(C)(C)C)C1. The summed E-state index contributed by atoms with van der Waals surface area (Å²) in [4.78, 5) is 18.1. The van der Waals surface area contributed by atoms with Crippen molar-refractivity contribution in [1.29, 1.82) is 0 Å². The zero-order valence-corrected chi connectivity index (χ0v) is 14.6. The van der Waals surface area contributed by atoms with Crippen LogP contribution in [0, 0.1) is 0 Å². The maximum absolute atomic E-state index is 12.1. The predicted molar refractivity (Wildman–Crippen MR) is 89.8 cm³/mol. The number of nitrogens with one attached hydrogen (secondary N) is 1. The van der Waals surface area contributed by atoms with Crippen LogP contribution in [-0.2, 0) is 4.74 Å². The van der Waals surface area contributed by atoms with Gasteiger partial charge < -0.3 is 19.7 Å². The number of likely N-dealkylation sites (tertiary alicyclic amines) is 1. The summed E-state index contributed by atoms with van der Waals surface area (Å²) in [5.74, 6) is 0.596. The molecule has 1 atom stereocenters. The van der Waals surface area contributed by atoms with Crippen molar-refractivity contribution in [1.82, 2.24) is 9.88 Å². The number of amides is 1. The van der Waals surface area contributed by atoms with E-state index in [-0.39, 0.29) is 18.2 Å². The third kappa shape index (κ3) is 5.30. The summed E-state index contributed by atoms with van der Waals surface area (Å²) in [6.45, 7) is 10.9. The van der Waals surface area contributed by atoms with E-state index in [1.165, 1.54) is 0 Å². The Hall–Kier alpha value is -1.98. The highest BCUT2D eigenvalue weighted by molar-refractivity contribution is 5.68. The van der Waals surface area contributed by atoms with Crippen molar-refractivity contribution in [3.63, 3.8) is 0 Å². The van der Waals surface area contributed by atoms with E-state index in [1.807, 2.05) is 46.8 Å². The zero-order chi connectivity index (χ0) is 17.0. The summed E-state index contributed by atoms with van der Waals surface area (Å²) < 4.78 is 11.1. The Labute approximate surface area is 138 Å². The second-order valence-corrected chi connectivity index (χ2v) is 7.08. The van der Waals surface area contributed by atoms with Gasteiger partial charge in [-0.05, 0) is 53.2 Å². The lowest BCUT2D eigenvalue weighted by molar-refractivity contribution is 0.0293. The van der Waals surface area contributed by atoms with Gasteiger partial charge in [0.15, 0.2) is 0 Å². The van der Waals surface area contributed by atoms with Crippen LogP contribution < -0.4 is 10.1 Å². The molecule has 1 amide bonds. The molecule has 0 radical (unpaired) electrons. The van der Waals surface area contributed by atoms with Crippen molar-refractivity contribution in [3.05, 3.63) is 18.3 Å². The molecule has 6 nitrogen and oxygen atoms in total. The van der Waals surface area contributed by atoms with Crippen molar-refractivity contribution >= 4 is 11.8 Å². The second kappa shape index (κ2) is 7.06. The normalized spacial score (nSPS) is 18.2. The Bertz CT molecular complexity index is 540. The van der Waals surface area contributed by atoms with E-state index in [0.29, 0.717) is 19.0 Å². The maximum Gasteiger partial charge on any atom is 0.410 e. The lowest BCUT2D eigenvalue weighted by Crippen LogP contribution is -2.36. The number of carbonyl (C=O) groups is 1. The van der Waals surface area contributed by atoms with Gasteiger partial charge in [-0.15, -0.1) is 0 Å². The highest BCUT2D eigenvalue weighted by atomic mass is 16.6. The van der Waals surface area contributed by atoms with Gasteiger partial charge in [0, 0.05) is 25.3 Å². The number of hydrogen-bond acceptors (Lipinski definition) is 5. The fourth-order valence-corrected chi connectivity index (χ4v) is 2.41. The molecule has 1 N–H and O–H groups in total.